The zero-order valence-corrected chi connectivity index (χ0v) is 14.8. The highest BCUT2D eigenvalue weighted by atomic mass is 16.5. The van der Waals surface area contributed by atoms with Crippen LogP contribution in [0, 0.1) is 0 Å². The molecule has 0 radical (unpaired) electrons. The SMILES string of the molecule is CCCOc1ccc(C(=O)NCC(N)c2ccccc2)cc1OCC. The summed E-state index contributed by atoms with van der Waals surface area (Å²) in [5.41, 5.74) is 7.63. The minimum absolute atomic E-state index is 0.186. The van der Waals surface area contributed by atoms with Gasteiger partial charge in [-0.3, -0.25) is 4.79 Å². The average molecular weight is 342 g/mol. The van der Waals surface area contributed by atoms with E-state index in [2.05, 4.69) is 5.32 Å². The summed E-state index contributed by atoms with van der Waals surface area (Å²) in [7, 11) is 0. The molecule has 0 aliphatic carbocycles. The maximum atomic E-state index is 12.4. The number of hydrogen-bond donors (Lipinski definition) is 2. The van der Waals surface area contributed by atoms with Crippen LogP contribution >= 0.6 is 0 Å². The molecular formula is C20H26N2O3. The van der Waals surface area contributed by atoms with Crippen LogP contribution in [0.2, 0.25) is 0 Å². The zero-order valence-electron chi connectivity index (χ0n) is 14.8. The second-order valence-corrected chi connectivity index (χ2v) is 5.67. The standard InChI is InChI=1S/C20H26N2O3/c1-3-12-25-18-11-10-16(13-19(18)24-4-2)20(23)22-14-17(21)15-8-6-5-7-9-15/h5-11,13,17H,3-4,12,14,21H2,1-2H3,(H,22,23). The number of benzene rings is 2. The minimum atomic E-state index is -0.247. The number of ether oxygens (including phenoxy) is 2. The molecule has 1 amide bonds. The lowest BCUT2D eigenvalue weighted by Crippen LogP contribution is -2.31. The maximum absolute atomic E-state index is 12.4. The molecule has 134 valence electrons. The molecule has 0 heterocycles. The lowest BCUT2D eigenvalue weighted by atomic mass is 10.1. The fourth-order valence-corrected chi connectivity index (χ4v) is 2.37. The number of carbonyl (C=O) groups excluding carboxylic acids is 1. The Kier molecular flexibility index (Phi) is 7.29. The van der Waals surface area contributed by atoms with Gasteiger partial charge >= 0.3 is 0 Å². The predicted octanol–water partition coefficient (Wildman–Crippen LogP) is 3.30. The molecule has 0 fully saturated rings. The smallest absolute Gasteiger partial charge is 0.251 e. The number of nitrogens with two attached hydrogens (primary N) is 1. The first-order valence-electron chi connectivity index (χ1n) is 8.64. The van der Waals surface area contributed by atoms with Crippen molar-refractivity contribution in [1.82, 2.24) is 5.32 Å². The van der Waals surface area contributed by atoms with Gasteiger partial charge in [-0.25, -0.2) is 0 Å². The molecule has 1 atom stereocenters. The van der Waals surface area contributed by atoms with Crippen molar-refractivity contribution in [2.75, 3.05) is 19.8 Å². The second-order valence-electron chi connectivity index (χ2n) is 5.67. The van der Waals surface area contributed by atoms with Crippen molar-refractivity contribution in [1.29, 1.82) is 0 Å². The summed E-state index contributed by atoms with van der Waals surface area (Å²) in [6.45, 7) is 5.41. The average Bonchev–Trinajstić information content (AvgIpc) is 2.65. The molecule has 0 aliphatic heterocycles. The molecule has 0 aromatic heterocycles. The highest BCUT2D eigenvalue weighted by Crippen LogP contribution is 2.28. The normalized spacial score (nSPS) is 11.6. The van der Waals surface area contributed by atoms with E-state index in [1.165, 1.54) is 0 Å². The Morgan fingerprint density at radius 1 is 1.08 bits per heavy atom. The van der Waals surface area contributed by atoms with Crippen LogP contribution in [0.3, 0.4) is 0 Å². The second kappa shape index (κ2) is 9.69. The van der Waals surface area contributed by atoms with Crippen LogP contribution in [0.15, 0.2) is 48.5 Å². The molecule has 5 nitrogen and oxygen atoms in total. The van der Waals surface area contributed by atoms with Crippen LogP contribution < -0.4 is 20.5 Å². The monoisotopic (exact) mass is 342 g/mol. The Bertz CT molecular complexity index is 674. The molecule has 2 rings (SSSR count). The van der Waals surface area contributed by atoms with E-state index in [0.717, 1.165) is 12.0 Å². The summed E-state index contributed by atoms with van der Waals surface area (Å²) in [6, 6.07) is 14.7. The lowest BCUT2D eigenvalue weighted by molar-refractivity contribution is 0.0950. The number of nitrogens with one attached hydrogen (secondary N) is 1. The van der Waals surface area contributed by atoms with E-state index in [4.69, 9.17) is 15.2 Å². The molecule has 25 heavy (non-hydrogen) atoms. The molecule has 0 saturated carbocycles. The molecule has 1 unspecified atom stereocenters. The van der Waals surface area contributed by atoms with Gasteiger partial charge < -0.3 is 20.5 Å². The Balaban J connectivity index is 2.02. The van der Waals surface area contributed by atoms with Crippen molar-refractivity contribution < 1.29 is 14.3 Å². The fourth-order valence-electron chi connectivity index (χ4n) is 2.37. The number of hydrogen-bond acceptors (Lipinski definition) is 4. The van der Waals surface area contributed by atoms with Crippen molar-refractivity contribution in [3.8, 4) is 11.5 Å². The van der Waals surface area contributed by atoms with E-state index in [9.17, 15) is 4.79 Å². The lowest BCUT2D eigenvalue weighted by Gasteiger charge is -2.15. The molecule has 3 N–H and O–H groups in total. The number of amides is 1. The Labute approximate surface area is 149 Å². The van der Waals surface area contributed by atoms with Gasteiger partial charge in [0.25, 0.3) is 5.91 Å². The van der Waals surface area contributed by atoms with Crippen molar-refractivity contribution in [2.24, 2.45) is 5.73 Å². The van der Waals surface area contributed by atoms with Gasteiger partial charge in [0.1, 0.15) is 0 Å². The maximum Gasteiger partial charge on any atom is 0.251 e. The van der Waals surface area contributed by atoms with Crippen molar-refractivity contribution >= 4 is 5.91 Å². The van der Waals surface area contributed by atoms with Gasteiger partial charge in [0, 0.05) is 18.2 Å². The van der Waals surface area contributed by atoms with Gasteiger partial charge in [-0.05, 0) is 37.1 Å². The Morgan fingerprint density at radius 3 is 2.52 bits per heavy atom. The van der Waals surface area contributed by atoms with Crippen LogP contribution in [0.1, 0.15) is 42.2 Å². The van der Waals surface area contributed by atoms with E-state index in [0.29, 0.717) is 36.8 Å². The molecule has 2 aromatic carbocycles. The van der Waals surface area contributed by atoms with Crippen LogP contribution in [0.25, 0.3) is 0 Å². The van der Waals surface area contributed by atoms with Crippen molar-refractivity contribution in [2.45, 2.75) is 26.3 Å². The Morgan fingerprint density at radius 2 is 1.84 bits per heavy atom. The first kappa shape index (κ1) is 18.8. The van der Waals surface area contributed by atoms with E-state index in [1.54, 1.807) is 18.2 Å². The number of rotatable bonds is 9. The Hall–Kier alpha value is -2.53. The number of carbonyl (C=O) groups is 1. The highest BCUT2D eigenvalue weighted by Gasteiger charge is 2.13. The van der Waals surface area contributed by atoms with Crippen LogP contribution in [-0.4, -0.2) is 25.7 Å². The minimum Gasteiger partial charge on any atom is -0.490 e. The van der Waals surface area contributed by atoms with Crippen LogP contribution in [0.5, 0.6) is 11.5 Å². The third-order valence-corrected chi connectivity index (χ3v) is 3.68. The van der Waals surface area contributed by atoms with Crippen molar-refractivity contribution in [3.05, 3.63) is 59.7 Å². The summed E-state index contributed by atoms with van der Waals surface area (Å²) in [4.78, 5) is 12.4. The zero-order chi connectivity index (χ0) is 18.1. The fraction of sp³-hybridized carbons (Fsp3) is 0.350. The summed E-state index contributed by atoms with van der Waals surface area (Å²) >= 11 is 0. The summed E-state index contributed by atoms with van der Waals surface area (Å²) in [6.07, 6.45) is 0.908. The van der Waals surface area contributed by atoms with Crippen LogP contribution in [0.4, 0.5) is 0 Å². The largest absolute Gasteiger partial charge is 0.490 e. The molecular weight excluding hydrogens is 316 g/mol. The van der Waals surface area contributed by atoms with Crippen molar-refractivity contribution in [3.63, 3.8) is 0 Å². The van der Waals surface area contributed by atoms with Gasteiger partial charge in [-0.1, -0.05) is 37.3 Å². The van der Waals surface area contributed by atoms with Gasteiger partial charge in [-0.2, -0.15) is 0 Å². The van der Waals surface area contributed by atoms with Gasteiger partial charge in [0.2, 0.25) is 0 Å². The first-order chi connectivity index (χ1) is 12.2. The first-order valence-corrected chi connectivity index (χ1v) is 8.64. The highest BCUT2D eigenvalue weighted by molar-refractivity contribution is 5.94. The molecule has 2 aromatic rings. The molecule has 0 spiro atoms. The third-order valence-electron chi connectivity index (χ3n) is 3.68. The van der Waals surface area contributed by atoms with E-state index in [-0.39, 0.29) is 11.9 Å². The van der Waals surface area contributed by atoms with Gasteiger partial charge in [0.05, 0.1) is 13.2 Å². The third kappa shape index (κ3) is 5.50. The summed E-state index contributed by atoms with van der Waals surface area (Å²) < 4.78 is 11.2. The van der Waals surface area contributed by atoms with Crippen LogP contribution in [-0.2, 0) is 0 Å². The van der Waals surface area contributed by atoms with E-state index in [1.807, 2.05) is 44.2 Å². The molecule has 0 aliphatic rings. The van der Waals surface area contributed by atoms with Gasteiger partial charge in [0.15, 0.2) is 11.5 Å². The molecule has 0 bridgehead atoms. The van der Waals surface area contributed by atoms with E-state index < -0.39 is 0 Å². The summed E-state index contributed by atoms with van der Waals surface area (Å²) in [5, 5.41) is 2.87. The molecule has 0 saturated heterocycles. The van der Waals surface area contributed by atoms with E-state index >= 15 is 0 Å². The quantitative estimate of drug-likeness (QED) is 0.733. The van der Waals surface area contributed by atoms with Gasteiger partial charge in [-0.15, -0.1) is 0 Å². The summed E-state index contributed by atoms with van der Waals surface area (Å²) in [5.74, 6) is 1.05. The predicted molar refractivity (Wildman–Crippen MR) is 99.1 cm³/mol. The topological polar surface area (TPSA) is 73.6 Å². The molecule has 5 heteroatoms.